The lowest BCUT2D eigenvalue weighted by atomic mass is 10.1. The van der Waals surface area contributed by atoms with Crippen molar-refractivity contribution in [2.45, 2.75) is 25.7 Å². The summed E-state index contributed by atoms with van der Waals surface area (Å²) in [7, 11) is 2.15. The van der Waals surface area contributed by atoms with Crippen LogP contribution in [0.2, 0.25) is 0 Å². The molecular weight excluding hydrogens is 228 g/mol. The average molecular weight is 248 g/mol. The molecule has 0 bridgehead atoms. The van der Waals surface area contributed by atoms with Crippen LogP contribution in [0.4, 0.5) is 5.82 Å². The monoisotopic (exact) mass is 248 g/mol. The van der Waals surface area contributed by atoms with Crippen LogP contribution in [-0.2, 0) is 6.42 Å². The first-order valence-electron chi connectivity index (χ1n) is 6.71. The number of nitrogens with zero attached hydrogens (tertiary/aromatic N) is 4. The number of likely N-dealkylation sites (N-methyl/N-ethyl adjacent to an activating group) is 1. The van der Waals surface area contributed by atoms with E-state index in [0.29, 0.717) is 5.92 Å². The van der Waals surface area contributed by atoms with E-state index in [-0.39, 0.29) is 0 Å². The van der Waals surface area contributed by atoms with Gasteiger partial charge in [0.2, 0.25) is 5.82 Å². The van der Waals surface area contributed by atoms with Gasteiger partial charge in [-0.2, -0.15) is 0 Å². The van der Waals surface area contributed by atoms with Crippen molar-refractivity contribution in [3.05, 3.63) is 22.8 Å². The molecule has 5 nitrogen and oxygen atoms in total. The molecule has 1 aliphatic carbocycles. The lowest BCUT2D eigenvalue weighted by molar-refractivity contribution is -0.616. The highest BCUT2D eigenvalue weighted by Crippen LogP contribution is 2.36. The van der Waals surface area contributed by atoms with Crippen LogP contribution >= 0.6 is 0 Å². The van der Waals surface area contributed by atoms with Crippen molar-refractivity contribution in [2.75, 3.05) is 38.1 Å². The Balaban J connectivity index is 1.96. The molecule has 98 valence electrons. The lowest BCUT2D eigenvalue weighted by Gasteiger charge is -2.32. The molecule has 2 aliphatic rings. The van der Waals surface area contributed by atoms with Crippen LogP contribution in [0.5, 0.6) is 0 Å². The van der Waals surface area contributed by atoms with Crippen molar-refractivity contribution in [3.63, 3.8) is 0 Å². The Kier molecular flexibility index (Phi) is 2.86. The normalized spacial score (nSPS) is 24.3. The highest BCUT2D eigenvalue weighted by molar-refractivity contribution is 5.51. The second kappa shape index (κ2) is 4.39. The van der Waals surface area contributed by atoms with Gasteiger partial charge in [-0.15, -0.1) is 0 Å². The Labute approximate surface area is 108 Å². The van der Waals surface area contributed by atoms with Crippen molar-refractivity contribution in [1.82, 2.24) is 9.88 Å². The van der Waals surface area contributed by atoms with Crippen LogP contribution in [-0.4, -0.2) is 43.1 Å². The van der Waals surface area contributed by atoms with Crippen LogP contribution in [0.1, 0.15) is 30.5 Å². The second-order valence-corrected chi connectivity index (χ2v) is 5.48. The van der Waals surface area contributed by atoms with Gasteiger partial charge in [0.25, 0.3) is 6.33 Å². The van der Waals surface area contributed by atoms with Gasteiger partial charge in [-0.3, -0.25) is 0 Å². The molecule has 0 N–H and O–H groups in total. The molecule has 1 aromatic rings. The maximum absolute atomic E-state index is 11.8. The number of aromatic nitrogens is 2. The zero-order valence-electron chi connectivity index (χ0n) is 11.1. The maximum Gasteiger partial charge on any atom is 0.292 e. The first-order chi connectivity index (χ1) is 8.66. The van der Waals surface area contributed by atoms with Crippen molar-refractivity contribution in [1.29, 1.82) is 0 Å². The van der Waals surface area contributed by atoms with E-state index >= 15 is 0 Å². The molecule has 1 saturated heterocycles. The smallest absolute Gasteiger partial charge is 0.292 e. The summed E-state index contributed by atoms with van der Waals surface area (Å²) in [6, 6.07) is 0. The van der Waals surface area contributed by atoms with Crippen LogP contribution in [0.25, 0.3) is 0 Å². The van der Waals surface area contributed by atoms with Crippen LogP contribution in [0, 0.1) is 5.21 Å². The minimum Gasteiger partial charge on any atom is -0.711 e. The van der Waals surface area contributed by atoms with Crippen LogP contribution in [0.3, 0.4) is 0 Å². The predicted octanol–water partition coefficient (Wildman–Crippen LogP) is 0.517. The van der Waals surface area contributed by atoms with Crippen molar-refractivity contribution >= 4 is 5.82 Å². The molecule has 2 heterocycles. The number of piperazine rings is 1. The van der Waals surface area contributed by atoms with E-state index in [1.54, 1.807) is 0 Å². The topological polar surface area (TPSA) is 46.3 Å². The third kappa shape index (κ3) is 1.82. The third-order valence-electron chi connectivity index (χ3n) is 4.21. The fourth-order valence-electron chi connectivity index (χ4n) is 3.01. The van der Waals surface area contributed by atoms with E-state index in [1.165, 1.54) is 11.9 Å². The van der Waals surface area contributed by atoms with Crippen molar-refractivity contribution < 1.29 is 4.73 Å². The quantitative estimate of drug-likeness (QED) is 0.537. The van der Waals surface area contributed by atoms with Gasteiger partial charge >= 0.3 is 0 Å². The first-order valence-corrected chi connectivity index (χ1v) is 6.71. The van der Waals surface area contributed by atoms with Crippen LogP contribution < -0.4 is 9.63 Å². The third-order valence-corrected chi connectivity index (χ3v) is 4.21. The minimum atomic E-state index is 0.462. The Morgan fingerprint density at radius 3 is 2.78 bits per heavy atom. The zero-order chi connectivity index (χ0) is 12.7. The Morgan fingerprint density at radius 1 is 1.33 bits per heavy atom. The van der Waals surface area contributed by atoms with Gasteiger partial charge in [-0.25, -0.2) is 4.73 Å². The summed E-state index contributed by atoms with van der Waals surface area (Å²) in [5.74, 6) is 1.51. The van der Waals surface area contributed by atoms with E-state index in [2.05, 4.69) is 28.8 Å². The number of fused-ring (bicyclic) bond motifs is 1. The summed E-state index contributed by atoms with van der Waals surface area (Å²) >= 11 is 0. The maximum atomic E-state index is 11.8. The summed E-state index contributed by atoms with van der Waals surface area (Å²) in [5, 5.41) is 11.8. The van der Waals surface area contributed by atoms with Crippen molar-refractivity contribution in [2.24, 2.45) is 0 Å². The molecule has 0 radical (unpaired) electrons. The summed E-state index contributed by atoms with van der Waals surface area (Å²) in [6.07, 6.45) is 3.40. The molecule has 0 spiro atoms. The molecule has 1 aromatic heterocycles. The van der Waals surface area contributed by atoms with E-state index in [1.807, 2.05) is 0 Å². The molecule has 1 atom stereocenters. The van der Waals surface area contributed by atoms with E-state index in [4.69, 9.17) is 0 Å². The molecule has 3 rings (SSSR count). The van der Waals surface area contributed by atoms with Crippen molar-refractivity contribution in [3.8, 4) is 0 Å². The molecule has 0 amide bonds. The number of hydrogen-bond acceptors (Lipinski definition) is 4. The van der Waals surface area contributed by atoms with Gasteiger partial charge in [0.1, 0.15) is 5.69 Å². The molecule has 0 unspecified atom stereocenters. The largest absolute Gasteiger partial charge is 0.711 e. The molecule has 18 heavy (non-hydrogen) atoms. The Bertz CT molecular complexity index is 455. The molecule has 0 aromatic carbocycles. The predicted molar refractivity (Wildman–Crippen MR) is 69.6 cm³/mol. The van der Waals surface area contributed by atoms with E-state index < -0.39 is 0 Å². The van der Waals surface area contributed by atoms with Gasteiger partial charge in [-0.1, -0.05) is 6.92 Å². The Morgan fingerprint density at radius 2 is 2.06 bits per heavy atom. The number of hydrogen-bond donors (Lipinski definition) is 0. The highest BCUT2D eigenvalue weighted by Gasteiger charge is 2.32. The SMILES string of the molecule is C[C@@H]1CCc2c1c(N1CCN(C)CC1)nc[n+]2[O-]. The molecular formula is C13H20N4O. The second-order valence-electron chi connectivity index (χ2n) is 5.48. The summed E-state index contributed by atoms with van der Waals surface area (Å²) in [6.45, 7) is 6.35. The van der Waals surface area contributed by atoms with E-state index in [9.17, 15) is 5.21 Å². The number of rotatable bonds is 1. The fraction of sp³-hybridized carbons (Fsp3) is 0.692. The molecule has 1 aliphatic heterocycles. The van der Waals surface area contributed by atoms with Gasteiger partial charge < -0.3 is 15.0 Å². The summed E-state index contributed by atoms with van der Waals surface area (Å²) in [5.41, 5.74) is 2.13. The highest BCUT2D eigenvalue weighted by atomic mass is 16.5. The molecule has 0 saturated carbocycles. The fourth-order valence-corrected chi connectivity index (χ4v) is 3.01. The average Bonchev–Trinajstić information content (AvgIpc) is 2.75. The molecule has 1 fully saturated rings. The zero-order valence-corrected chi connectivity index (χ0v) is 11.1. The van der Waals surface area contributed by atoms with Gasteiger partial charge in [0.05, 0.1) is 5.56 Å². The number of anilines is 1. The molecule has 5 heteroatoms. The van der Waals surface area contributed by atoms with Gasteiger partial charge in [0, 0.05) is 32.6 Å². The van der Waals surface area contributed by atoms with Gasteiger partial charge in [-0.05, 0) is 24.4 Å². The minimum absolute atomic E-state index is 0.462. The van der Waals surface area contributed by atoms with E-state index in [0.717, 1.165) is 55.3 Å². The van der Waals surface area contributed by atoms with Gasteiger partial charge in [0.15, 0.2) is 0 Å². The van der Waals surface area contributed by atoms with Crippen LogP contribution in [0.15, 0.2) is 6.33 Å². The summed E-state index contributed by atoms with van der Waals surface area (Å²) in [4.78, 5) is 9.07. The standard InChI is InChI=1S/C13H20N4O/c1-10-3-4-11-12(10)13(14-9-17(11)18)16-7-5-15(2)6-8-16/h9-10H,3-8H2,1-2H3/t10-/m1/s1. The first kappa shape index (κ1) is 11.7. The summed E-state index contributed by atoms with van der Waals surface area (Å²) < 4.78 is 0.957. The Hall–Kier alpha value is -1.36. The lowest BCUT2D eigenvalue weighted by Crippen LogP contribution is -2.46.